The van der Waals surface area contributed by atoms with E-state index in [0.29, 0.717) is 11.1 Å². The molecule has 1 saturated carbocycles. The molecule has 0 spiro atoms. The van der Waals surface area contributed by atoms with E-state index in [4.69, 9.17) is 7.85 Å². The Labute approximate surface area is 241 Å². The second-order valence-electron chi connectivity index (χ2n) is 9.93. The van der Waals surface area contributed by atoms with Crippen molar-refractivity contribution in [3.8, 4) is 11.3 Å². The van der Waals surface area contributed by atoms with Crippen molar-refractivity contribution in [3.63, 3.8) is 0 Å². The van der Waals surface area contributed by atoms with Crippen LogP contribution in [0.25, 0.3) is 16.9 Å². The Morgan fingerprint density at radius 2 is 1.46 bits per heavy atom. The molecule has 0 amide bonds. The fourth-order valence-corrected chi connectivity index (χ4v) is 4.14. The summed E-state index contributed by atoms with van der Waals surface area (Å²) >= 11 is 0. The van der Waals surface area contributed by atoms with E-state index in [0.717, 1.165) is 17.0 Å². The van der Waals surface area contributed by atoms with Crippen molar-refractivity contribution in [1.29, 1.82) is 0 Å². The average molecular weight is 544 g/mol. The van der Waals surface area contributed by atoms with E-state index in [-0.39, 0.29) is 0 Å². The van der Waals surface area contributed by atoms with Gasteiger partial charge in [-0.2, -0.15) is 14.3 Å². The SMILES string of the molecule is C1CC1.C=S(=C)(C)c1ccc(C)cc1.CC.CCCCC.[B]c1cnn2c(C)cc(-c3ccccc3C)nc12. The number of hydrogen-bond acceptors (Lipinski definition) is 2. The maximum atomic E-state index is 5.88. The highest BCUT2D eigenvalue weighted by Gasteiger charge is 2.09. The van der Waals surface area contributed by atoms with Gasteiger partial charge < -0.3 is 0 Å². The molecule has 0 unspecified atom stereocenters. The maximum absolute atomic E-state index is 5.88. The van der Waals surface area contributed by atoms with E-state index in [1.54, 1.807) is 10.7 Å². The number of nitrogens with zero attached hydrogens (tertiary/aromatic N) is 3. The quantitative estimate of drug-likeness (QED) is 0.190. The third-order valence-electron chi connectivity index (χ3n) is 5.75. The highest BCUT2D eigenvalue weighted by molar-refractivity contribution is 8.27. The molecule has 1 aliphatic rings. The monoisotopic (exact) mass is 543 g/mol. The number of aryl methyl sites for hydroxylation is 3. The van der Waals surface area contributed by atoms with Gasteiger partial charge in [-0.1, -0.05) is 120 Å². The van der Waals surface area contributed by atoms with Gasteiger partial charge in [-0.3, -0.25) is 0 Å². The van der Waals surface area contributed by atoms with Crippen LogP contribution in [0.2, 0.25) is 0 Å². The van der Waals surface area contributed by atoms with Crippen molar-refractivity contribution in [3.05, 3.63) is 77.6 Å². The van der Waals surface area contributed by atoms with Crippen LogP contribution < -0.4 is 5.46 Å². The van der Waals surface area contributed by atoms with Crippen molar-refractivity contribution in [2.24, 2.45) is 0 Å². The summed E-state index contributed by atoms with van der Waals surface area (Å²) in [4.78, 5) is 5.87. The Bertz CT molecular complexity index is 1350. The first-order valence-corrected chi connectivity index (χ1v) is 16.6. The van der Waals surface area contributed by atoms with Crippen molar-refractivity contribution < 1.29 is 0 Å². The van der Waals surface area contributed by atoms with Crippen molar-refractivity contribution in [2.45, 2.75) is 91.9 Å². The van der Waals surface area contributed by atoms with Gasteiger partial charge in [-0.15, -0.1) is 0 Å². The summed E-state index contributed by atoms with van der Waals surface area (Å²) in [6.07, 6.45) is 12.3. The Morgan fingerprint density at radius 3 is 1.92 bits per heavy atom. The first-order chi connectivity index (χ1) is 18.6. The molecule has 5 rings (SSSR count). The molecule has 2 radical (unpaired) electrons. The van der Waals surface area contributed by atoms with Gasteiger partial charge in [0.25, 0.3) is 0 Å². The summed E-state index contributed by atoms with van der Waals surface area (Å²) in [5.74, 6) is 8.09. The molecule has 2 aromatic heterocycles. The number of aromatic nitrogens is 3. The lowest BCUT2D eigenvalue weighted by Crippen LogP contribution is -2.05. The molecule has 1 fully saturated rings. The van der Waals surface area contributed by atoms with Gasteiger partial charge >= 0.3 is 0 Å². The van der Waals surface area contributed by atoms with Crippen LogP contribution in [0.15, 0.2) is 65.7 Å². The van der Waals surface area contributed by atoms with Crippen LogP contribution in [0.4, 0.5) is 0 Å². The van der Waals surface area contributed by atoms with Gasteiger partial charge in [0.15, 0.2) is 0 Å². The van der Waals surface area contributed by atoms with Gasteiger partial charge in [-0.25, -0.2) is 9.50 Å². The summed E-state index contributed by atoms with van der Waals surface area (Å²) in [5.41, 5.74) is 6.90. The summed E-state index contributed by atoms with van der Waals surface area (Å²) in [6, 6.07) is 18.7. The zero-order valence-electron chi connectivity index (χ0n) is 25.8. The number of unbranched alkanes of at least 4 members (excludes halogenated alkanes) is 2. The van der Waals surface area contributed by atoms with E-state index in [2.05, 4.69) is 92.2 Å². The standard InChI is InChI=1S/C14H12BN3.C10H14S.C5H12.C3H6.C2H6/c1-9-5-3-4-6-11(9)13-7-10(2)18-14(17-13)12(15)8-16-18;1-9-5-7-10(8-6-9)11(2,3)4;1-3-5-4-2;1-2-3-1;1-2/h3-8H,1-2H3;5-8H,2-3H2,1,4H3;3-5H2,1-2H3;1-3H2;1-2H3. The lowest BCUT2D eigenvalue weighted by molar-refractivity contribution is 0.772. The third-order valence-corrected chi connectivity index (χ3v) is 7.16. The predicted octanol–water partition coefficient (Wildman–Crippen LogP) is 8.85. The van der Waals surface area contributed by atoms with Gasteiger partial charge in [-0.05, 0) is 61.1 Å². The molecule has 0 N–H and O–H groups in total. The Hall–Kier alpha value is -2.79. The molecule has 1 aliphatic carbocycles. The van der Waals surface area contributed by atoms with E-state index in [1.807, 2.05) is 39.0 Å². The van der Waals surface area contributed by atoms with Crippen LogP contribution in [0.5, 0.6) is 0 Å². The van der Waals surface area contributed by atoms with Crippen LogP contribution in [0.1, 0.15) is 83.0 Å². The Balaban J connectivity index is 0.000000307. The van der Waals surface area contributed by atoms with Crippen LogP contribution >= 0.6 is 9.21 Å². The first kappa shape index (κ1) is 34.2. The van der Waals surface area contributed by atoms with Crippen LogP contribution in [-0.4, -0.2) is 40.4 Å². The second kappa shape index (κ2) is 17.7. The van der Waals surface area contributed by atoms with Gasteiger partial charge in [0.1, 0.15) is 13.5 Å². The van der Waals surface area contributed by atoms with Gasteiger partial charge in [0.05, 0.1) is 5.69 Å². The Morgan fingerprint density at radius 1 is 0.897 bits per heavy atom. The molecule has 2 heterocycles. The molecule has 210 valence electrons. The third kappa shape index (κ3) is 12.3. The van der Waals surface area contributed by atoms with Gasteiger partial charge in [0, 0.05) is 17.5 Å². The van der Waals surface area contributed by atoms with Crippen molar-refractivity contribution >= 4 is 39.9 Å². The van der Waals surface area contributed by atoms with Crippen molar-refractivity contribution in [1.82, 2.24) is 14.6 Å². The minimum atomic E-state index is -1.02. The summed E-state index contributed by atoms with van der Waals surface area (Å²) in [5, 5.41) is 4.20. The summed E-state index contributed by atoms with van der Waals surface area (Å²) < 4.78 is 1.76. The molecule has 0 atom stereocenters. The number of rotatable bonds is 4. The predicted molar refractivity (Wildman–Crippen MR) is 181 cm³/mol. The largest absolute Gasteiger partial charge is 0.229 e. The van der Waals surface area contributed by atoms with Crippen LogP contribution in [-0.2, 0) is 0 Å². The fraction of sp³-hybridized carbons (Fsp3) is 0.412. The van der Waals surface area contributed by atoms with Crippen LogP contribution in [0, 0.1) is 20.8 Å². The van der Waals surface area contributed by atoms with E-state index in [9.17, 15) is 0 Å². The zero-order valence-corrected chi connectivity index (χ0v) is 26.6. The second-order valence-corrected chi connectivity index (χ2v) is 13.0. The minimum absolute atomic E-state index is 0.605. The molecule has 0 saturated heterocycles. The smallest absolute Gasteiger partial charge is 0.148 e. The molecule has 2 aromatic carbocycles. The summed E-state index contributed by atoms with van der Waals surface area (Å²) in [7, 11) is 4.86. The molecule has 3 nitrogen and oxygen atoms in total. The highest BCUT2D eigenvalue weighted by Crippen LogP contribution is 2.27. The zero-order chi connectivity index (χ0) is 29.4. The number of benzene rings is 2. The van der Waals surface area contributed by atoms with Gasteiger partial charge in [0.2, 0.25) is 0 Å². The average Bonchev–Trinajstić information content (AvgIpc) is 3.75. The first-order valence-electron chi connectivity index (χ1n) is 14.3. The minimum Gasteiger partial charge on any atom is -0.229 e. The summed E-state index contributed by atoms with van der Waals surface area (Å²) in [6.45, 7) is 14.6. The van der Waals surface area contributed by atoms with Crippen LogP contribution in [0.3, 0.4) is 0 Å². The highest BCUT2D eigenvalue weighted by atomic mass is 32.2. The molecule has 5 heteroatoms. The Kier molecular flexibility index (Phi) is 15.6. The molecule has 39 heavy (non-hydrogen) atoms. The number of hydrogen-bond donors (Lipinski definition) is 0. The lowest BCUT2D eigenvalue weighted by Gasteiger charge is -2.07. The van der Waals surface area contributed by atoms with E-state index in [1.165, 1.54) is 54.5 Å². The molecular formula is C34H50BN3S. The number of fused-ring (bicyclic) bond motifs is 1. The molecular weight excluding hydrogens is 493 g/mol. The topological polar surface area (TPSA) is 30.2 Å². The normalized spacial score (nSPS) is 11.4. The fourth-order valence-electron chi connectivity index (χ4n) is 3.35. The maximum Gasteiger partial charge on any atom is 0.148 e. The van der Waals surface area contributed by atoms with Crippen molar-refractivity contribution in [2.75, 3.05) is 6.26 Å². The molecule has 4 aromatic rings. The van der Waals surface area contributed by atoms with E-state index < -0.39 is 9.21 Å². The lowest BCUT2D eigenvalue weighted by atomic mass is 10.00. The molecule has 0 bridgehead atoms. The van der Waals surface area contributed by atoms with E-state index >= 15 is 0 Å². The molecule has 0 aliphatic heterocycles.